The van der Waals surface area contributed by atoms with Crippen molar-refractivity contribution in [2.24, 2.45) is 11.3 Å². The summed E-state index contributed by atoms with van der Waals surface area (Å²) in [6, 6.07) is 0. The van der Waals surface area contributed by atoms with Gasteiger partial charge in [0.2, 0.25) is 5.91 Å². The molecule has 2 aromatic heterocycles. The second-order valence-electron chi connectivity index (χ2n) is 7.24. The van der Waals surface area contributed by atoms with Crippen LogP contribution in [-0.4, -0.2) is 20.9 Å². The quantitative estimate of drug-likeness (QED) is 0.857. The highest BCUT2D eigenvalue weighted by molar-refractivity contribution is 7.16. The molecule has 3 aliphatic rings. The van der Waals surface area contributed by atoms with E-state index in [1.165, 1.54) is 36.7 Å². The van der Waals surface area contributed by atoms with E-state index in [2.05, 4.69) is 35.7 Å². The molecule has 23 heavy (non-hydrogen) atoms. The van der Waals surface area contributed by atoms with Crippen LogP contribution in [0.25, 0.3) is 10.3 Å². The monoisotopic (exact) mass is 328 g/mol. The van der Waals surface area contributed by atoms with E-state index in [1.54, 1.807) is 0 Å². The van der Waals surface area contributed by atoms with E-state index < -0.39 is 0 Å². The van der Waals surface area contributed by atoms with Crippen LogP contribution in [0.3, 0.4) is 0 Å². The van der Waals surface area contributed by atoms with Crippen molar-refractivity contribution in [2.45, 2.75) is 45.1 Å². The summed E-state index contributed by atoms with van der Waals surface area (Å²) >= 11 is 1.53. The Balaban J connectivity index is 1.66. The molecule has 2 aromatic rings. The maximum Gasteiger partial charge on any atom is 0.243 e. The first-order valence-electron chi connectivity index (χ1n) is 7.99. The lowest BCUT2D eigenvalue weighted by atomic mass is 9.31. The summed E-state index contributed by atoms with van der Waals surface area (Å²) in [5.74, 6) is 1.18. The number of carbonyl (C=O) groups excluding carboxylic acids is 1. The van der Waals surface area contributed by atoms with Gasteiger partial charge < -0.3 is 5.32 Å². The molecule has 1 amide bonds. The topological polar surface area (TPSA) is 67.8 Å². The summed E-state index contributed by atoms with van der Waals surface area (Å²) in [7, 11) is 0. The summed E-state index contributed by atoms with van der Waals surface area (Å²) < 4.78 is 0. The van der Waals surface area contributed by atoms with E-state index in [9.17, 15) is 4.79 Å². The second kappa shape index (κ2) is 4.84. The van der Waals surface area contributed by atoms with Crippen molar-refractivity contribution in [2.75, 3.05) is 0 Å². The van der Waals surface area contributed by atoms with Crippen LogP contribution in [0.1, 0.15) is 44.6 Å². The van der Waals surface area contributed by atoms with Crippen molar-refractivity contribution in [3.63, 3.8) is 0 Å². The van der Waals surface area contributed by atoms with Gasteiger partial charge in [-0.1, -0.05) is 20.4 Å². The fourth-order valence-corrected chi connectivity index (χ4v) is 4.90. The van der Waals surface area contributed by atoms with Crippen LogP contribution in [0.4, 0.5) is 0 Å². The lowest BCUT2D eigenvalue weighted by Gasteiger charge is -2.72. The van der Waals surface area contributed by atoms with Gasteiger partial charge in [-0.3, -0.25) is 4.79 Å². The van der Waals surface area contributed by atoms with Crippen LogP contribution in [0.15, 0.2) is 18.2 Å². The van der Waals surface area contributed by atoms with E-state index in [1.807, 2.05) is 5.51 Å². The first-order chi connectivity index (χ1) is 11.0. The minimum Gasteiger partial charge on any atom is -0.345 e. The van der Waals surface area contributed by atoms with Gasteiger partial charge in [-0.25, -0.2) is 15.0 Å². The lowest BCUT2D eigenvalue weighted by Crippen LogP contribution is -2.67. The van der Waals surface area contributed by atoms with Gasteiger partial charge in [0.05, 0.1) is 17.7 Å². The molecule has 0 radical (unpaired) electrons. The summed E-state index contributed by atoms with van der Waals surface area (Å²) in [5, 5.41) is 2.76. The number of hydrogen-bond donors (Lipinski definition) is 1. The van der Waals surface area contributed by atoms with Gasteiger partial charge in [-0.15, -0.1) is 11.3 Å². The van der Waals surface area contributed by atoms with E-state index >= 15 is 0 Å². The molecule has 0 aliphatic heterocycles. The van der Waals surface area contributed by atoms with Crippen molar-refractivity contribution in [3.8, 4) is 0 Å². The number of rotatable bonds is 5. The largest absolute Gasteiger partial charge is 0.345 e. The van der Waals surface area contributed by atoms with Crippen LogP contribution in [0, 0.1) is 11.3 Å². The van der Waals surface area contributed by atoms with Crippen molar-refractivity contribution < 1.29 is 4.79 Å². The van der Waals surface area contributed by atoms with E-state index in [0.717, 1.165) is 22.0 Å². The molecule has 0 unspecified atom stereocenters. The fourth-order valence-electron chi connectivity index (χ4n) is 4.22. The highest BCUT2D eigenvalue weighted by atomic mass is 32.1. The Kier molecular flexibility index (Phi) is 3.10. The molecule has 1 N–H and O–H groups in total. The Hall–Kier alpha value is -1.82. The van der Waals surface area contributed by atoms with Gasteiger partial charge in [0.25, 0.3) is 0 Å². The average Bonchev–Trinajstić information content (AvgIpc) is 2.89. The Bertz CT molecular complexity index is 790. The Morgan fingerprint density at radius 3 is 2.83 bits per heavy atom. The van der Waals surface area contributed by atoms with Crippen molar-refractivity contribution in [1.29, 1.82) is 0 Å². The number of carbonyl (C=O) groups is 1. The minimum atomic E-state index is -0.205. The SMILES string of the molecule is C=CC(=O)NCc1nc(C23CC(C(C)C)(C2)C3)c2ncsc2n1. The first kappa shape index (κ1) is 14.8. The average molecular weight is 328 g/mol. The lowest BCUT2D eigenvalue weighted by molar-refractivity contribution is -0.174. The molecule has 5 nitrogen and oxygen atoms in total. The smallest absolute Gasteiger partial charge is 0.243 e. The van der Waals surface area contributed by atoms with Crippen LogP contribution < -0.4 is 5.32 Å². The molecular weight excluding hydrogens is 308 g/mol. The van der Waals surface area contributed by atoms with Crippen molar-refractivity contribution in [1.82, 2.24) is 20.3 Å². The Morgan fingerprint density at radius 2 is 2.17 bits per heavy atom. The van der Waals surface area contributed by atoms with Crippen LogP contribution in [0.2, 0.25) is 0 Å². The van der Waals surface area contributed by atoms with Crippen LogP contribution in [-0.2, 0) is 16.8 Å². The Morgan fingerprint density at radius 1 is 1.43 bits per heavy atom. The zero-order valence-electron chi connectivity index (χ0n) is 13.4. The third-order valence-corrected chi connectivity index (χ3v) is 6.37. The maximum atomic E-state index is 11.4. The summed E-state index contributed by atoms with van der Waals surface area (Å²) in [6.45, 7) is 8.43. The minimum absolute atomic E-state index is 0.191. The van der Waals surface area contributed by atoms with Gasteiger partial charge in [0.1, 0.15) is 16.2 Å². The predicted molar refractivity (Wildman–Crippen MR) is 90.1 cm³/mol. The molecule has 3 fully saturated rings. The molecular formula is C17H20N4OS. The van der Waals surface area contributed by atoms with Crippen LogP contribution >= 0.6 is 11.3 Å². The van der Waals surface area contributed by atoms with Crippen molar-refractivity contribution >= 4 is 27.6 Å². The summed E-state index contributed by atoms with van der Waals surface area (Å²) in [5.41, 5.74) is 4.58. The molecule has 0 spiro atoms. The molecule has 3 saturated carbocycles. The number of thiazole rings is 1. The molecule has 120 valence electrons. The number of aromatic nitrogens is 3. The molecule has 2 heterocycles. The van der Waals surface area contributed by atoms with Gasteiger partial charge >= 0.3 is 0 Å². The number of fused-ring (bicyclic) bond motifs is 1. The van der Waals surface area contributed by atoms with Gasteiger partial charge in [-0.05, 0) is 36.7 Å². The predicted octanol–water partition coefficient (Wildman–Crippen LogP) is 2.97. The molecule has 0 aromatic carbocycles. The normalized spacial score (nSPS) is 28.3. The third-order valence-electron chi connectivity index (χ3n) is 5.65. The molecule has 0 atom stereocenters. The maximum absolute atomic E-state index is 11.4. The number of amides is 1. The van der Waals surface area contributed by atoms with E-state index in [4.69, 9.17) is 4.98 Å². The second-order valence-corrected chi connectivity index (χ2v) is 8.08. The highest BCUT2D eigenvalue weighted by Gasteiger charge is 2.70. The van der Waals surface area contributed by atoms with Gasteiger partial charge in [0, 0.05) is 5.41 Å². The molecule has 0 saturated heterocycles. The molecule has 2 bridgehead atoms. The van der Waals surface area contributed by atoms with Gasteiger partial charge in [0.15, 0.2) is 0 Å². The number of nitrogens with one attached hydrogen (secondary N) is 1. The Labute approximate surface area is 139 Å². The highest BCUT2D eigenvalue weighted by Crippen LogP contribution is 2.76. The van der Waals surface area contributed by atoms with Crippen LogP contribution in [0.5, 0.6) is 0 Å². The third kappa shape index (κ3) is 2.04. The fraction of sp³-hybridized carbons (Fsp3) is 0.529. The standard InChI is InChI=1S/C17H20N4OS/c1-4-12(22)18-5-11-20-14(13-15(21-11)23-9-19-13)17-6-16(7-17,8-17)10(2)3/h4,9-10H,1,5-8H2,2-3H3,(H,18,22). The zero-order chi connectivity index (χ0) is 16.2. The summed E-state index contributed by atoms with van der Waals surface area (Å²) in [6.07, 6.45) is 4.89. The zero-order valence-corrected chi connectivity index (χ0v) is 14.2. The molecule has 5 rings (SSSR count). The number of nitrogens with zero attached hydrogens (tertiary/aromatic N) is 3. The van der Waals surface area contributed by atoms with Crippen molar-refractivity contribution in [3.05, 3.63) is 29.7 Å². The van der Waals surface area contributed by atoms with Gasteiger partial charge in [-0.2, -0.15) is 0 Å². The number of hydrogen-bond acceptors (Lipinski definition) is 5. The van der Waals surface area contributed by atoms with E-state index in [-0.39, 0.29) is 11.3 Å². The molecule has 3 aliphatic carbocycles. The molecule has 6 heteroatoms. The first-order valence-corrected chi connectivity index (χ1v) is 8.87. The summed E-state index contributed by atoms with van der Waals surface area (Å²) in [4.78, 5) is 26.1. The van der Waals surface area contributed by atoms with E-state index in [0.29, 0.717) is 17.8 Å².